The standard InChI is InChI=1S/C18H19N5O2/c1-21-12-20-15-11-13(4-5-16(15)21)17(24)22-7-9-23(10-8-22)18(25)14-3-2-6-19-14/h2-6,11-12,19H,7-10H2,1H3. The van der Waals surface area contributed by atoms with Gasteiger partial charge in [0.25, 0.3) is 11.8 Å². The van der Waals surface area contributed by atoms with Gasteiger partial charge in [-0.2, -0.15) is 0 Å². The average Bonchev–Trinajstić information content (AvgIpc) is 3.31. The van der Waals surface area contributed by atoms with E-state index in [-0.39, 0.29) is 11.8 Å². The largest absolute Gasteiger partial charge is 0.357 e. The van der Waals surface area contributed by atoms with Gasteiger partial charge in [-0.05, 0) is 30.3 Å². The molecule has 7 heteroatoms. The van der Waals surface area contributed by atoms with E-state index in [2.05, 4.69) is 9.97 Å². The van der Waals surface area contributed by atoms with Crippen LogP contribution in [0.15, 0.2) is 42.9 Å². The molecule has 1 aliphatic heterocycles. The van der Waals surface area contributed by atoms with E-state index in [9.17, 15) is 9.59 Å². The topological polar surface area (TPSA) is 74.2 Å². The maximum atomic E-state index is 12.7. The van der Waals surface area contributed by atoms with Gasteiger partial charge >= 0.3 is 0 Å². The van der Waals surface area contributed by atoms with Crippen LogP contribution >= 0.6 is 0 Å². The second kappa shape index (κ2) is 6.08. The van der Waals surface area contributed by atoms with Gasteiger partial charge in [0.2, 0.25) is 0 Å². The Balaban J connectivity index is 1.44. The molecule has 1 aliphatic rings. The summed E-state index contributed by atoms with van der Waals surface area (Å²) in [7, 11) is 1.93. The smallest absolute Gasteiger partial charge is 0.270 e. The van der Waals surface area contributed by atoms with Crippen molar-refractivity contribution in [1.29, 1.82) is 0 Å². The van der Waals surface area contributed by atoms with Crippen molar-refractivity contribution in [3.63, 3.8) is 0 Å². The molecular formula is C18H19N5O2. The van der Waals surface area contributed by atoms with E-state index in [1.165, 1.54) is 0 Å². The number of piperazine rings is 1. The van der Waals surface area contributed by atoms with Crippen LogP contribution < -0.4 is 0 Å². The highest BCUT2D eigenvalue weighted by atomic mass is 16.2. The van der Waals surface area contributed by atoms with Crippen LogP contribution in [0.2, 0.25) is 0 Å². The van der Waals surface area contributed by atoms with Crippen molar-refractivity contribution in [3.8, 4) is 0 Å². The number of H-pyrrole nitrogens is 1. The lowest BCUT2D eigenvalue weighted by molar-refractivity contribution is 0.0533. The zero-order valence-electron chi connectivity index (χ0n) is 14.0. The van der Waals surface area contributed by atoms with Gasteiger partial charge in [0.05, 0.1) is 17.4 Å². The van der Waals surface area contributed by atoms with Gasteiger partial charge in [-0.3, -0.25) is 9.59 Å². The summed E-state index contributed by atoms with van der Waals surface area (Å²) in [5.41, 5.74) is 3.03. The Bertz CT molecular complexity index is 920. The summed E-state index contributed by atoms with van der Waals surface area (Å²) in [6, 6.07) is 9.15. The highest BCUT2D eigenvalue weighted by Gasteiger charge is 2.26. The van der Waals surface area contributed by atoms with E-state index in [1.807, 2.05) is 29.8 Å². The number of nitrogens with zero attached hydrogens (tertiary/aromatic N) is 4. The Kier molecular flexibility index (Phi) is 3.76. The molecule has 1 N–H and O–H groups in total. The number of imidazole rings is 1. The van der Waals surface area contributed by atoms with Gasteiger partial charge in [-0.15, -0.1) is 0 Å². The number of fused-ring (bicyclic) bond motifs is 1. The van der Waals surface area contributed by atoms with Gasteiger partial charge < -0.3 is 19.4 Å². The number of carbonyl (C=O) groups excluding carboxylic acids is 2. The Hall–Kier alpha value is -3.09. The molecule has 2 amide bonds. The minimum atomic E-state index is -0.0213. The van der Waals surface area contributed by atoms with Crippen LogP contribution in [0.5, 0.6) is 0 Å². The fourth-order valence-electron chi connectivity index (χ4n) is 3.20. The van der Waals surface area contributed by atoms with Crippen molar-refractivity contribution in [2.24, 2.45) is 7.05 Å². The number of benzene rings is 1. The molecule has 2 aromatic heterocycles. The number of hydrogen-bond acceptors (Lipinski definition) is 3. The molecule has 1 fully saturated rings. The van der Waals surface area contributed by atoms with E-state index in [1.54, 1.807) is 34.5 Å². The average molecular weight is 337 g/mol. The summed E-state index contributed by atoms with van der Waals surface area (Å²) in [5.74, 6) is -0.0356. The first-order valence-corrected chi connectivity index (χ1v) is 8.26. The predicted molar refractivity (Wildman–Crippen MR) is 93.3 cm³/mol. The predicted octanol–water partition coefficient (Wildman–Crippen LogP) is 1.50. The highest BCUT2D eigenvalue weighted by Crippen LogP contribution is 2.16. The number of rotatable bonds is 2. The third-order valence-corrected chi connectivity index (χ3v) is 4.65. The van der Waals surface area contributed by atoms with E-state index in [4.69, 9.17) is 0 Å². The monoisotopic (exact) mass is 337 g/mol. The Morgan fingerprint density at radius 3 is 2.44 bits per heavy atom. The molecule has 25 heavy (non-hydrogen) atoms. The molecule has 1 aromatic carbocycles. The molecule has 0 bridgehead atoms. The number of amides is 2. The molecule has 128 valence electrons. The fraction of sp³-hybridized carbons (Fsp3) is 0.278. The molecule has 4 rings (SSSR count). The van der Waals surface area contributed by atoms with Gasteiger partial charge in [0.1, 0.15) is 5.69 Å². The SMILES string of the molecule is Cn1cnc2cc(C(=O)N3CCN(C(=O)c4ccc[nH]4)CC3)ccc21. The summed E-state index contributed by atoms with van der Waals surface area (Å²) < 4.78 is 1.93. The van der Waals surface area contributed by atoms with Gasteiger partial charge in [-0.1, -0.05) is 0 Å². The lowest BCUT2D eigenvalue weighted by atomic mass is 10.1. The minimum Gasteiger partial charge on any atom is -0.357 e. The molecule has 7 nitrogen and oxygen atoms in total. The number of aromatic amines is 1. The zero-order valence-corrected chi connectivity index (χ0v) is 14.0. The molecule has 0 unspecified atom stereocenters. The Morgan fingerprint density at radius 1 is 1.04 bits per heavy atom. The maximum Gasteiger partial charge on any atom is 0.270 e. The van der Waals surface area contributed by atoms with Crippen molar-refractivity contribution in [2.75, 3.05) is 26.2 Å². The summed E-state index contributed by atoms with van der Waals surface area (Å²) in [4.78, 5) is 35.9. The summed E-state index contributed by atoms with van der Waals surface area (Å²) in [6.45, 7) is 2.14. The molecule has 0 atom stereocenters. The van der Waals surface area contributed by atoms with Crippen molar-refractivity contribution in [2.45, 2.75) is 0 Å². The van der Waals surface area contributed by atoms with E-state index < -0.39 is 0 Å². The van der Waals surface area contributed by atoms with E-state index in [0.717, 1.165) is 11.0 Å². The quantitative estimate of drug-likeness (QED) is 0.770. The molecule has 0 saturated carbocycles. The Labute approximate surface area is 144 Å². The lowest BCUT2D eigenvalue weighted by Gasteiger charge is -2.34. The highest BCUT2D eigenvalue weighted by molar-refractivity contribution is 5.98. The van der Waals surface area contributed by atoms with Crippen LogP contribution in [0.1, 0.15) is 20.8 Å². The molecule has 3 aromatic rings. The first-order valence-electron chi connectivity index (χ1n) is 8.26. The van der Waals surface area contributed by atoms with Gasteiger partial charge in [0.15, 0.2) is 0 Å². The van der Waals surface area contributed by atoms with Crippen LogP contribution in [0.3, 0.4) is 0 Å². The molecule has 3 heterocycles. The molecule has 0 spiro atoms. The lowest BCUT2D eigenvalue weighted by Crippen LogP contribution is -2.50. The summed E-state index contributed by atoms with van der Waals surface area (Å²) >= 11 is 0. The second-order valence-corrected chi connectivity index (χ2v) is 6.23. The van der Waals surface area contributed by atoms with Crippen molar-refractivity contribution in [1.82, 2.24) is 24.3 Å². The number of carbonyl (C=O) groups is 2. The van der Waals surface area contributed by atoms with Crippen LogP contribution in [0, 0.1) is 0 Å². The first-order chi connectivity index (χ1) is 12.1. The molecule has 0 aliphatic carbocycles. The molecule has 0 radical (unpaired) electrons. The third kappa shape index (κ3) is 2.77. The van der Waals surface area contributed by atoms with Crippen LogP contribution in [0.4, 0.5) is 0 Å². The van der Waals surface area contributed by atoms with E-state index in [0.29, 0.717) is 37.4 Å². The van der Waals surface area contributed by atoms with E-state index >= 15 is 0 Å². The summed E-state index contributed by atoms with van der Waals surface area (Å²) in [6.07, 6.45) is 3.48. The fourth-order valence-corrected chi connectivity index (χ4v) is 3.20. The van der Waals surface area contributed by atoms with Crippen molar-refractivity contribution in [3.05, 3.63) is 54.1 Å². The second-order valence-electron chi connectivity index (χ2n) is 6.23. The summed E-state index contributed by atoms with van der Waals surface area (Å²) in [5, 5.41) is 0. The van der Waals surface area contributed by atoms with Crippen LogP contribution in [-0.4, -0.2) is 62.3 Å². The Morgan fingerprint density at radius 2 is 1.76 bits per heavy atom. The zero-order chi connectivity index (χ0) is 17.4. The van der Waals surface area contributed by atoms with Gasteiger partial charge in [-0.25, -0.2) is 4.98 Å². The van der Waals surface area contributed by atoms with Crippen molar-refractivity contribution >= 4 is 22.8 Å². The first kappa shape index (κ1) is 15.4. The third-order valence-electron chi connectivity index (χ3n) is 4.65. The minimum absolute atomic E-state index is 0.0143. The van der Waals surface area contributed by atoms with Gasteiger partial charge in [0, 0.05) is 45.0 Å². The van der Waals surface area contributed by atoms with Crippen molar-refractivity contribution < 1.29 is 9.59 Å². The van der Waals surface area contributed by atoms with Crippen LogP contribution in [-0.2, 0) is 7.05 Å². The number of hydrogen-bond donors (Lipinski definition) is 1. The number of aryl methyl sites for hydroxylation is 1. The number of nitrogens with one attached hydrogen (secondary N) is 1. The molecular weight excluding hydrogens is 318 g/mol. The normalized spacial score (nSPS) is 14.9. The number of aromatic nitrogens is 3. The van der Waals surface area contributed by atoms with Crippen LogP contribution in [0.25, 0.3) is 11.0 Å². The maximum absolute atomic E-state index is 12.7. The molecule has 1 saturated heterocycles.